The van der Waals surface area contributed by atoms with Gasteiger partial charge in [0.25, 0.3) is 0 Å². The maximum absolute atomic E-state index is 12.8. The third-order valence-electron chi connectivity index (χ3n) is 6.10. The molecule has 0 saturated carbocycles. The van der Waals surface area contributed by atoms with Gasteiger partial charge in [-0.15, -0.1) is 0 Å². The first kappa shape index (κ1) is 18.9. The SMILES string of the molecule is O=C1CCCC2=C1C(c1ccc(OCc3ccccc3)cc1)C1=C(CCCC1=O)O2. The molecule has 0 fully saturated rings. The van der Waals surface area contributed by atoms with E-state index >= 15 is 0 Å². The van der Waals surface area contributed by atoms with Gasteiger partial charge in [0.15, 0.2) is 11.6 Å². The third kappa shape index (κ3) is 3.47. The summed E-state index contributed by atoms with van der Waals surface area (Å²) in [5.74, 6) is 2.21. The Morgan fingerprint density at radius 3 is 1.97 bits per heavy atom. The Balaban J connectivity index is 1.46. The van der Waals surface area contributed by atoms with Gasteiger partial charge < -0.3 is 9.47 Å². The Labute approximate surface area is 176 Å². The standard InChI is InChI=1S/C26H24O4/c27-20-8-4-10-22-25(20)24(26-21(28)9-5-11-23(26)30-22)18-12-14-19(15-13-18)29-16-17-6-2-1-3-7-17/h1-3,6-7,12-15,24H,4-5,8-11,16H2. The van der Waals surface area contributed by atoms with Crippen molar-refractivity contribution in [2.24, 2.45) is 0 Å². The summed E-state index contributed by atoms with van der Waals surface area (Å²) in [5.41, 5.74) is 3.44. The molecule has 0 spiro atoms. The molecule has 5 rings (SSSR count). The monoisotopic (exact) mass is 400 g/mol. The molecule has 0 saturated heterocycles. The maximum atomic E-state index is 12.8. The molecule has 2 aliphatic carbocycles. The lowest BCUT2D eigenvalue weighted by molar-refractivity contribution is -0.117. The average Bonchev–Trinajstić information content (AvgIpc) is 2.78. The minimum Gasteiger partial charge on any atom is -0.489 e. The van der Waals surface area contributed by atoms with E-state index in [1.54, 1.807) is 0 Å². The van der Waals surface area contributed by atoms with Crippen LogP contribution in [0.1, 0.15) is 55.6 Å². The molecule has 0 atom stereocenters. The van der Waals surface area contributed by atoms with Gasteiger partial charge in [-0.1, -0.05) is 42.5 Å². The predicted octanol–water partition coefficient (Wildman–Crippen LogP) is 5.39. The maximum Gasteiger partial charge on any atom is 0.163 e. The summed E-state index contributed by atoms with van der Waals surface area (Å²) < 4.78 is 12.0. The smallest absolute Gasteiger partial charge is 0.163 e. The molecule has 0 N–H and O–H groups in total. The molecule has 2 aromatic rings. The van der Waals surface area contributed by atoms with Crippen molar-refractivity contribution in [1.82, 2.24) is 0 Å². The minimum absolute atomic E-state index is 0.107. The molecule has 1 aliphatic heterocycles. The van der Waals surface area contributed by atoms with Crippen LogP contribution in [0.3, 0.4) is 0 Å². The molecule has 0 amide bonds. The van der Waals surface area contributed by atoms with Crippen molar-refractivity contribution in [3.8, 4) is 5.75 Å². The summed E-state index contributed by atoms with van der Waals surface area (Å²) in [6, 6.07) is 17.8. The Morgan fingerprint density at radius 2 is 1.37 bits per heavy atom. The number of ether oxygens (including phenoxy) is 2. The van der Waals surface area contributed by atoms with E-state index in [1.165, 1.54) is 0 Å². The number of rotatable bonds is 4. The van der Waals surface area contributed by atoms with Crippen LogP contribution < -0.4 is 4.74 Å². The van der Waals surface area contributed by atoms with Gasteiger partial charge in [-0.05, 0) is 36.1 Å². The van der Waals surface area contributed by atoms with Crippen LogP contribution in [-0.2, 0) is 20.9 Å². The average molecular weight is 400 g/mol. The van der Waals surface area contributed by atoms with Crippen molar-refractivity contribution < 1.29 is 19.1 Å². The largest absolute Gasteiger partial charge is 0.489 e. The third-order valence-corrected chi connectivity index (χ3v) is 6.10. The molecule has 30 heavy (non-hydrogen) atoms. The van der Waals surface area contributed by atoms with Crippen LogP contribution in [0.4, 0.5) is 0 Å². The predicted molar refractivity (Wildman–Crippen MR) is 113 cm³/mol. The topological polar surface area (TPSA) is 52.6 Å². The van der Waals surface area contributed by atoms with Gasteiger partial charge in [0.2, 0.25) is 0 Å². The van der Waals surface area contributed by atoms with Crippen molar-refractivity contribution in [3.63, 3.8) is 0 Å². The highest BCUT2D eigenvalue weighted by atomic mass is 16.5. The Kier molecular flexibility index (Phi) is 4.99. The van der Waals surface area contributed by atoms with Gasteiger partial charge in [0.05, 0.1) is 0 Å². The van der Waals surface area contributed by atoms with Crippen molar-refractivity contribution >= 4 is 11.6 Å². The zero-order chi connectivity index (χ0) is 20.5. The fourth-order valence-electron chi connectivity index (χ4n) is 4.65. The van der Waals surface area contributed by atoms with E-state index in [0.29, 0.717) is 30.6 Å². The van der Waals surface area contributed by atoms with E-state index in [4.69, 9.17) is 9.47 Å². The van der Waals surface area contributed by atoms with E-state index in [1.807, 2.05) is 54.6 Å². The van der Waals surface area contributed by atoms with Crippen LogP contribution in [0.25, 0.3) is 0 Å². The molecular formula is C26H24O4. The van der Waals surface area contributed by atoms with Crippen LogP contribution in [0.5, 0.6) is 5.75 Å². The number of allylic oxidation sites excluding steroid dienone is 4. The van der Waals surface area contributed by atoms with Crippen molar-refractivity contribution in [1.29, 1.82) is 0 Å². The highest BCUT2D eigenvalue weighted by molar-refractivity contribution is 6.05. The lowest BCUT2D eigenvalue weighted by atomic mass is 9.73. The van der Waals surface area contributed by atoms with Crippen LogP contribution >= 0.6 is 0 Å². The van der Waals surface area contributed by atoms with Crippen molar-refractivity contribution in [2.75, 3.05) is 0 Å². The number of benzene rings is 2. The second-order valence-corrected chi connectivity index (χ2v) is 8.11. The number of carbonyl (C=O) groups excluding carboxylic acids is 2. The number of Topliss-reactive ketones (excluding diaryl/α,β-unsaturated/α-hetero) is 2. The van der Waals surface area contributed by atoms with Crippen LogP contribution in [0, 0.1) is 0 Å². The van der Waals surface area contributed by atoms with E-state index in [-0.39, 0.29) is 17.5 Å². The highest BCUT2D eigenvalue weighted by Crippen LogP contribution is 2.47. The van der Waals surface area contributed by atoms with Crippen LogP contribution in [-0.4, -0.2) is 11.6 Å². The number of hydrogen-bond donors (Lipinski definition) is 0. The van der Waals surface area contributed by atoms with Gasteiger partial charge in [-0.25, -0.2) is 0 Å². The fraction of sp³-hybridized carbons (Fsp3) is 0.308. The second kappa shape index (κ2) is 7.94. The van der Waals surface area contributed by atoms with Crippen LogP contribution in [0.2, 0.25) is 0 Å². The van der Waals surface area contributed by atoms with Gasteiger partial charge in [-0.3, -0.25) is 9.59 Å². The summed E-state index contributed by atoms with van der Waals surface area (Å²) in [6.45, 7) is 0.499. The zero-order valence-corrected chi connectivity index (χ0v) is 16.9. The lowest BCUT2D eigenvalue weighted by Crippen LogP contribution is -2.30. The molecule has 0 radical (unpaired) electrons. The normalized spacial score (nSPS) is 19.3. The summed E-state index contributed by atoms with van der Waals surface area (Å²) in [4.78, 5) is 25.6. The Bertz CT molecular complexity index is 1000. The number of hydrogen-bond acceptors (Lipinski definition) is 4. The molecule has 4 nitrogen and oxygen atoms in total. The summed E-state index contributed by atoms with van der Waals surface area (Å²) >= 11 is 0. The number of carbonyl (C=O) groups is 2. The van der Waals surface area contributed by atoms with E-state index in [2.05, 4.69) is 0 Å². The molecule has 1 heterocycles. The van der Waals surface area contributed by atoms with Gasteiger partial charge in [0, 0.05) is 42.7 Å². The lowest BCUT2D eigenvalue weighted by Gasteiger charge is -2.36. The Morgan fingerprint density at radius 1 is 0.767 bits per heavy atom. The first-order chi connectivity index (χ1) is 14.7. The molecule has 4 heteroatoms. The number of ketones is 2. The highest BCUT2D eigenvalue weighted by Gasteiger charge is 2.41. The summed E-state index contributed by atoms with van der Waals surface area (Å²) in [5, 5.41) is 0. The quantitative estimate of drug-likeness (QED) is 0.690. The molecular weight excluding hydrogens is 376 g/mol. The molecule has 3 aliphatic rings. The molecule has 0 aromatic heterocycles. The molecule has 0 unspecified atom stereocenters. The molecule has 2 aromatic carbocycles. The van der Waals surface area contributed by atoms with E-state index in [0.717, 1.165) is 54.1 Å². The van der Waals surface area contributed by atoms with Crippen LogP contribution in [0.15, 0.2) is 77.3 Å². The fourth-order valence-corrected chi connectivity index (χ4v) is 4.65. The van der Waals surface area contributed by atoms with E-state index < -0.39 is 0 Å². The van der Waals surface area contributed by atoms with Gasteiger partial charge in [-0.2, -0.15) is 0 Å². The van der Waals surface area contributed by atoms with E-state index in [9.17, 15) is 9.59 Å². The summed E-state index contributed by atoms with van der Waals surface area (Å²) in [6.07, 6.45) is 4.20. The summed E-state index contributed by atoms with van der Waals surface area (Å²) in [7, 11) is 0. The van der Waals surface area contributed by atoms with Crippen molar-refractivity contribution in [3.05, 3.63) is 88.4 Å². The molecule has 0 bridgehead atoms. The first-order valence-corrected chi connectivity index (χ1v) is 10.7. The minimum atomic E-state index is -0.312. The van der Waals surface area contributed by atoms with Gasteiger partial charge in [0.1, 0.15) is 23.9 Å². The molecule has 152 valence electrons. The second-order valence-electron chi connectivity index (χ2n) is 8.11. The van der Waals surface area contributed by atoms with Gasteiger partial charge >= 0.3 is 0 Å². The first-order valence-electron chi connectivity index (χ1n) is 10.7. The van der Waals surface area contributed by atoms with Crippen molar-refractivity contribution in [2.45, 2.75) is 51.0 Å². The zero-order valence-electron chi connectivity index (χ0n) is 16.9. The Hall–Kier alpha value is -3.14.